The fourth-order valence-electron chi connectivity index (χ4n) is 1.29. The highest BCUT2D eigenvalue weighted by Crippen LogP contribution is 2.09. The summed E-state index contributed by atoms with van der Waals surface area (Å²) in [5.41, 5.74) is 5.43. The molecule has 1 aromatic carbocycles. The van der Waals surface area contributed by atoms with Gasteiger partial charge < -0.3 is 4.74 Å². The Bertz CT molecular complexity index is 367. The van der Waals surface area contributed by atoms with E-state index in [2.05, 4.69) is 34.8 Å². The Kier molecular flexibility index (Phi) is 5.59. The predicted octanol–water partition coefficient (Wildman–Crippen LogP) is 2.29. The Morgan fingerprint density at radius 1 is 1.41 bits per heavy atom. The van der Waals surface area contributed by atoms with Gasteiger partial charge in [0.05, 0.1) is 6.54 Å². The van der Waals surface area contributed by atoms with Crippen LogP contribution in [0.4, 0.5) is 0 Å². The summed E-state index contributed by atoms with van der Waals surface area (Å²) in [6.07, 6.45) is -0.234. The minimum absolute atomic E-state index is 0.234. The molecule has 1 atom stereocenters. The van der Waals surface area contributed by atoms with Crippen LogP contribution in [0.1, 0.15) is 18.1 Å². The van der Waals surface area contributed by atoms with Crippen LogP contribution < -0.4 is 5.43 Å². The molecule has 1 rings (SSSR count). The lowest BCUT2D eigenvalue weighted by Gasteiger charge is -2.17. The molecule has 94 valence electrons. The normalized spacial score (nSPS) is 12.9. The number of rotatable bonds is 6. The summed E-state index contributed by atoms with van der Waals surface area (Å²) in [7, 11) is 3.42. The molecule has 0 heterocycles. The molecule has 0 saturated heterocycles. The monoisotopic (exact) mass is 236 g/mol. The van der Waals surface area contributed by atoms with E-state index in [0.717, 1.165) is 0 Å². The van der Waals surface area contributed by atoms with Gasteiger partial charge >= 0.3 is 0 Å². The average molecular weight is 236 g/mol. The van der Waals surface area contributed by atoms with E-state index in [0.29, 0.717) is 6.54 Å². The molecule has 0 radical (unpaired) electrons. The summed E-state index contributed by atoms with van der Waals surface area (Å²) in [5.74, 6) is 0. The Balaban J connectivity index is 2.64. The van der Waals surface area contributed by atoms with E-state index in [9.17, 15) is 0 Å². The van der Waals surface area contributed by atoms with Crippen molar-refractivity contribution in [3.05, 3.63) is 35.4 Å². The van der Waals surface area contributed by atoms with Gasteiger partial charge in [-0.3, -0.25) is 0 Å². The second-order valence-electron chi connectivity index (χ2n) is 3.75. The first-order valence-electron chi connectivity index (χ1n) is 5.60. The van der Waals surface area contributed by atoms with Crippen LogP contribution in [-0.4, -0.2) is 25.5 Å². The van der Waals surface area contributed by atoms with Crippen LogP contribution in [0.25, 0.3) is 0 Å². The Hall–Kier alpha value is -1.46. The summed E-state index contributed by atoms with van der Waals surface area (Å²) >= 11 is 0. The number of hydrazine groups is 1. The number of benzene rings is 1. The summed E-state index contributed by atoms with van der Waals surface area (Å²) in [6.45, 7) is 4.59. The topological polar surface area (TPSA) is 49.2 Å². The van der Waals surface area contributed by atoms with Crippen LogP contribution in [0, 0.1) is 6.92 Å². The number of hydrogen-bond acceptors (Lipinski definition) is 4. The van der Waals surface area contributed by atoms with Gasteiger partial charge in [-0.1, -0.05) is 29.5 Å². The maximum atomic E-state index is 5.00. The number of nitrogens with zero attached hydrogens (tertiary/aromatic N) is 3. The van der Waals surface area contributed by atoms with E-state index in [1.54, 1.807) is 12.2 Å². The van der Waals surface area contributed by atoms with Crippen molar-refractivity contribution in [3.8, 4) is 0 Å². The van der Waals surface area contributed by atoms with Crippen molar-refractivity contribution in [2.75, 3.05) is 14.2 Å². The molecule has 0 aromatic heterocycles. The lowest BCUT2D eigenvalue weighted by molar-refractivity contribution is 0.0986. The predicted molar refractivity (Wildman–Crippen MR) is 67.1 cm³/mol. The lowest BCUT2D eigenvalue weighted by Crippen LogP contribution is -2.29. The van der Waals surface area contributed by atoms with Crippen LogP contribution >= 0.6 is 0 Å². The molecule has 0 saturated carbocycles. The SMILES string of the molecule is CNN(Cc1ccccc1C)N=NC(C)OC. The molecule has 0 spiro atoms. The van der Waals surface area contributed by atoms with Crippen LogP contribution in [0.2, 0.25) is 0 Å². The van der Waals surface area contributed by atoms with Crippen LogP contribution in [0.5, 0.6) is 0 Å². The van der Waals surface area contributed by atoms with Gasteiger partial charge in [-0.25, -0.2) is 10.5 Å². The van der Waals surface area contributed by atoms with E-state index >= 15 is 0 Å². The molecule has 17 heavy (non-hydrogen) atoms. The van der Waals surface area contributed by atoms with E-state index < -0.39 is 0 Å². The zero-order chi connectivity index (χ0) is 12.7. The third-order valence-corrected chi connectivity index (χ3v) is 2.50. The quantitative estimate of drug-likeness (QED) is 0.609. The third kappa shape index (κ3) is 4.50. The number of ether oxygens (including phenoxy) is 1. The van der Waals surface area contributed by atoms with Crippen LogP contribution in [0.3, 0.4) is 0 Å². The van der Waals surface area contributed by atoms with Crippen LogP contribution in [-0.2, 0) is 11.3 Å². The average Bonchev–Trinajstić information content (AvgIpc) is 2.36. The fraction of sp³-hybridized carbons (Fsp3) is 0.500. The summed E-state index contributed by atoms with van der Waals surface area (Å²) in [6, 6.07) is 8.20. The van der Waals surface area contributed by atoms with Gasteiger partial charge in [0.25, 0.3) is 0 Å². The fourth-order valence-corrected chi connectivity index (χ4v) is 1.29. The van der Waals surface area contributed by atoms with Gasteiger partial charge in [-0.05, 0) is 25.0 Å². The van der Waals surface area contributed by atoms with Crippen molar-refractivity contribution < 1.29 is 4.74 Å². The minimum Gasteiger partial charge on any atom is -0.358 e. The van der Waals surface area contributed by atoms with Crippen LogP contribution in [0.15, 0.2) is 34.6 Å². The molecule has 5 heteroatoms. The molecule has 0 bridgehead atoms. The van der Waals surface area contributed by atoms with E-state index in [1.807, 2.05) is 26.1 Å². The van der Waals surface area contributed by atoms with Gasteiger partial charge in [-0.2, -0.15) is 0 Å². The number of nitrogens with one attached hydrogen (secondary N) is 1. The van der Waals surface area contributed by atoms with Gasteiger partial charge in [0.1, 0.15) is 0 Å². The maximum Gasteiger partial charge on any atom is 0.167 e. The van der Waals surface area contributed by atoms with Gasteiger partial charge in [0.2, 0.25) is 0 Å². The smallest absolute Gasteiger partial charge is 0.167 e. The summed E-state index contributed by atoms with van der Waals surface area (Å²) in [4.78, 5) is 0. The number of aryl methyl sites for hydroxylation is 1. The molecule has 0 aliphatic rings. The first-order chi connectivity index (χ1) is 8.17. The van der Waals surface area contributed by atoms with Crippen molar-refractivity contribution in [2.24, 2.45) is 10.3 Å². The van der Waals surface area contributed by atoms with Crippen molar-refractivity contribution >= 4 is 0 Å². The number of methoxy groups -OCH3 is 1. The number of hydrogen-bond donors (Lipinski definition) is 1. The molecule has 0 aliphatic carbocycles. The highest BCUT2D eigenvalue weighted by Gasteiger charge is 2.03. The largest absolute Gasteiger partial charge is 0.358 e. The third-order valence-electron chi connectivity index (χ3n) is 2.50. The van der Waals surface area contributed by atoms with Crippen molar-refractivity contribution in [1.82, 2.24) is 10.5 Å². The van der Waals surface area contributed by atoms with Gasteiger partial charge in [0.15, 0.2) is 6.23 Å². The molecule has 0 aliphatic heterocycles. The minimum atomic E-state index is -0.234. The van der Waals surface area contributed by atoms with Gasteiger partial charge in [0, 0.05) is 14.2 Å². The zero-order valence-electron chi connectivity index (χ0n) is 10.8. The lowest BCUT2D eigenvalue weighted by atomic mass is 10.1. The Labute approximate surface area is 102 Å². The molecular formula is C12H20N4O. The van der Waals surface area contributed by atoms with E-state index in [-0.39, 0.29) is 6.23 Å². The molecular weight excluding hydrogens is 216 g/mol. The summed E-state index contributed by atoms with van der Waals surface area (Å²) in [5, 5.41) is 9.76. The highest BCUT2D eigenvalue weighted by atomic mass is 16.5. The second-order valence-corrected chi connectivity index (χ2v) is 3.75. The molecule has 1 unspecified atom stereocenters. The molecule has 0 amide bonds. The first-order valence-corrected chi connectivity index (χ1v) is 5.60. The van der Waals surface area contributed by atoms with Crippen molar-refractivity contribution in [2.45, 2.75) is 26.6 Å². The zero-order valence-corrected chi connectivity index (χ0v) is 10.8. The van der Waals surface area contributed by atoms with Crippen molar-refractivity contribution in [3.63, 3.8) is 0 Å². The highest BCUT2D eigenvalue weighted by molar-refractivity contribution is 5.25. The maximum absolute atomic E-state index is 5.00. The molecule has 1 N–H and O–H groups in total. The van der Waals surface area contributed by atoms with E-state index in [4.69, 9.17) is 4.74 Å². The summed E-state index contributed by atoms with van der Waals surface area (Å²) < 4.78 is 5.00. The standard InChI is InChI=1S/C12H20N4O/c1-10-7-5-6-8-12(10)9-16(13-3)15-14-11(2)17-4/h5-8,11,13H,9H2,1-4H3. The molecule has 0 fully saturated rings. The Morgan fingerprint density at radius 2 is 2.12 bits per heavy atom. The Morgan fingerprint density at radius 3 is 2.71 bits per heavy atom. The van der Waals surface area contributed by atoms with Crippen molar-refractivity contribution in [1.29, 1.82) is 0 Å². The molecule has 5 nitrogen and oxygen atoms in total. The van der Waals surface area contributed by atoms with Gasteiger partial charge in [-0.15, -0.1) is 5.11 Å². The second kappa shape index (κ2) is 6.98. The first kappa shape index (κ1) is 13.6. The van der Waals surface area contributed by atoms with E-state index in [1.165, 1.54) is 11.1 Å². The molecule has 1 aromatic rings.